The Hall–Kier alpha value is -3.01. The summed E-state index contributed by atoms with van der Waals surface area (Å²) in [5, 5.41) is 4.77. The second kappa shape index (κ2) is 9.09. The molecule has 170 valence electrons. The molecule has 0 radical (unpaired) electrons. The number of imidazole rings is 1. The molecule has 1 aliphatic heterocycles. The number of nitrogens with one attached hydrogen (secondary N) is 1. The lowest BCUT2D eigenvalue weighted by Crippen LogP contribution is -2.35. The summed E-state index contributed by atoms with van der Waals surface area (Å²) < 4.78 is 29.4. The maximum atomic E-state index is 13.0. The van der Waals surface area contributed by atoms with Crippen LogP contribution in [-0.4, -0.2) is 41.1 Å². The molecule has 2 aromatic carbocycles. The zero-order valence-corrected chi connectivity index (χ0v) is 19.6. The van der Waals surface area contributed by atoms with Crippen LogP contribution >= 0.6 is 11.3 Å². The fraction of sp³-hybridized carbons (Fsp3) is 0.250. The van der Waals surface area contributed by atoms with Gasteiger partial charge in [0.25, 0.3) is 0 Å². The zero-order valence-electron chi connectivity index (χ0n) is 18.0. The van der Waals surface area contributed by atoms with Gasteiger partial charge >= 0.3 is 0 Å². The van der Waals surface area contributed by atoms with Crippen LogP contribution < -0.4 is 5.32 Å². The summed E-state index contributed by atoms with van der Waals surface area (Å²) in [5.41, 5.74) is 3.19. The molecule has 0 aliphatic carbocycles. The SMILES string of the molecule is O=C(Cc1csc2nc(-c3ccccc3)cn12)Nc1cccc(S(=O)(=O)N2CCCCC2)c1. The van der Waals surface area contributed by atoms with Gasteiger partial charge < -0.3 is 5.32 Å². The lowest BCUT2D eigenvalue weighted by atomic mass is 10.2. The molecule has 1 aliphatic rings. The number of anilines is 1. The molecule has 1 fully saturated rings. The normalized spacial score (nSPS) is 15.0. The Bertz CT molecular complexity index is 1390. The molecule has 0 bridgehead atoms. The topological polar surface area (TPSA) is 83.8 Å². The van der Waals surface area contributed by atoms with E-state index < -0.39 is 10.0 Å². The van der Waals surface area contributed by atoms with Crippen LogP contribution in [-0.2, 0) is 21.2 Å². The Labute approximate surface area is 196 Å². The number of sulfonamides is 1. The molecule has 0 saturated carbocycles. The molecule has 0 unspecified atom stereocenters. The molecule has 1 amide bonds. The van der Waals surface area contributed by atoms with Gasteiger partial charge in [0.2, 0.25) is 15.9 Å². The molecule has 1 N–H and O–H groups in total. The molecule has 9 heteroatoms. The monoisotopic (exact) mass is 480 g/mol. The van der Waals surface area contributed by atoms with Crippen LogP contribution in [0.5, 0.6) is 0 Å². The highest BCUT2D eigenvalue weighted by molar-refractivity contribution is 7.89. The second-order valence-electron chi connectivity index (χ2n) is 8.09. The van der Waals surface area contributed by atoms with Crippen molar-refractivity contribution in [1.82, 2.24) is 13.7 Å². The molecule has 2 aromatic heterocycles. The van der Waals surface area contributed by atoms with Gasteiger partial charge in [0.1, 0.15) is 0 Å². The third-order valence-electron chi connectivity index (χ3n) is 5.77. The number of amides is 1. The van der Waals surface area contributed by atoms with E-state index in [4.69, 9.17) is 0 Å². The molecule has 7 nitrogen and oxygen atoms in total. The van der Waals surface area contributed by atoms with Crippen LogP contribution in [0.25, 0.3) is 16.2 Å². The van der Waals surface area contributed by atoms with Crippen molar-refractivity contribution in [3.63, 3.8) is 0 Å². The van der Waals surface area contributed by atoms with Crippen LogP contribution in [0.4, 0.5) is 5.69 Å². The van der Waals surface area contributed by atoms with Crippen LogP contribution in [0.15, 0.2) is 71.1 Å². The van der Waals surface area contributed by atoms with Crippen LogP contribution in [0.1, 0.15) is 25.0 Å². The number of thiazole rings is 1. The smallest absolute Gasteiger partial charge is 0.243 e. The minimum Gasteiger partial charge on any atom is -0.326 e. The fourth-order valence-corrected chi connectivity index (χ4v) is 6.50. The van der Waals surface area contributed by atoms with Gasteiger partial charge in [0, 0.05) is 41.6 Å². The molecule has 1 saturated heterocycles. The van der Waals surface area contributed by atoms with Crippen molar-refractivity contribution in [2.75, 3.05) is 18.4 Å². The molecule has 5 rings (SSSR count). The predicted molar refractivity (Wildman–Crippen MR) is 130 cm³/mol. The van der Waals surface area contributed by atoms with Gasteiger partial charge in [0.05, 0.1) is 17.0 Å². The zero-order chi connectivity index (χ0) is 22.8. The summed E-state index contributed by atoms with van der Waals surface area (Å²) in [6.07, 6.45) is 4.92. The van der Waals surface area contributed by atoms with Crippen molar-refractivity contribution in [2.24, 2.45) is 0 Å². The average Bonchev–Trinajstić information content (AvgIpc) is 3.42. The largest absolute Gasteiger partial charge is 0.326 e. The third kappa shape index (κ3) is 4.57. The van der Waals surface area contributed by atoms with E-state index in [1.807, 2.05) is 46.3 Å². The number of carbonyl (C=O) groups excluding carboxylic acids is 1. The van der Waals surface area contributed by atoms with E-state index >= 15 is 0 Å². The number of piperidine rings is 1. The van der Waals surface area contributed by atoms with E-state index in [0.29, 0.717) is 18.8 Å². The number of hydrogen-bond donors (Lipinski definition) is 1. The molecule has 3 heterocycles. The summed E-state index contributed by atoms with van der Waals surface area (Å²) in [6, 6.07) is 16.4. The van der Waals surface area contributed by atoms with Crippen molar-refractivity contribution < 1.29 is 13.2 Å². The lowest BCUT2D eigenvalue weighted by Gasteiger charge is -2.26. The summed E-state index contributed by atoms with van der Waals surface area (Å²) in [5.74, 6) is -0.211. The number of rotatable bonds is 6. The number of hydrogen-bond acceptors (Lipinski definition) is 5. The Balaban J connectivity index is 1.31. The number of nitrogens with zero attached hydrogens (tertiary/aromatic N) is 3. The van der Waals surface area contributed by atoms with E-state index in [2.05, 4.69) is 10.3 Å². The Kier molecular flexibility index (Phi) is 6.01. The average molecular weight is 481 g/mol. The predicted octanol–water partition coefficient (Wildman–Crippen LogP) is 4.42. The summed E-state index contributed by atoms with van der Waals surface area (Å²) >= 11 is 1.49. The van der Waals surface area contributed by atoms with E-state index in [1.54, 1.807) is 18.2 Å². The van der Waals surface area contributed by atoms with E-state index in [0.717, 1.165) is 41.2 Å². The van der Waals surface area contributed by atoms with Crippen molar-refractivity contribution in [3.8, 4) is 11.3 Å². The Morgan fingerprint density at radius 1 is 1.03 bits per heavy atom. The van der Waals surface area contributed by atoms with E-state index in [9.17, 15) is 13.2 Å². The highest BCUT2D eigenvalue weighted by Crippen LogP contribution is 2.25. The highest BCUT2D eigenvalue weighted by Gasteiger charge is 2.26. The Morgan fingerprint density at radius 3 is 2.61 bits per heavy atom. The standard InChI is InChI=1S/C24H24N4O3S2/c29-23(15-20-17-32-24-26-22(16-28(20)24)18-8-3-1-4-9-18)25-19-10-7-11-21(14-19)33(30,31)27-12-5-2-6-13-27/h1,3-4,7-11,14,16-17H,2,5-6,12-13,15H2,(H,25,29). The summed E-state index contributed by atoms with van der Waals surface area (Å²) in [6.45, 7) is 1.09. The molecular weight excluding hydrogens is 456 g/mol. The number of fused-ring (bicyclic) bond motifs is 1. The molecule has 4 aromatic rings. The maximum Gasteiger partial charge on any atom is 0.243 e. The Morgan fingerprint density at radius 2 is 1.82 bits per heavy atom. The van der Waals surface area contributed by atoms with Gasteiger partial charge in [0.15, 0.2) is 4.96 Å². The molecule has 0 atom stereocenters. The highest BCUT2D eigenvalue weighted by atomic mass is 32.2. The van der Waals surface area contributed by atoms with Crippen LogP contribution in [0.3, 0.4) is 0 Å². The van der Waals surface area contributed by atoms with Gasteiger partial charge in [-0.3, -0.25) is 9.20 Å². The van der Waals surface area contributed by atoms with Crippen molar-refractivity contribution in [1.29, 1.82) is 0 Å². The van der Waals surface area contributed by atoms with Gasteiger partial charge in [-0.2, -0.15) is 4.31 Å². The summed E-state index contributed by atoms with van der Waals surface area (Å²) in [7, 11) is -3.55. The van der Waals surface area contributed by atoms with Gasteiger partial charge in [-0.25, -0.2) is 13.4 Å². The van der Waals surface area contributed by atoms with Gasteiger partial charge in [-0.1, -0.05) is 42.8 Å². The number of aromatic nitrogens is 2. The minimum absolute atomic E-state index is 0.160. The van der Waals surface area contributed by atoms with Crippen LogP contribution in [0, 0.1) is 0 Å². The molecule has 33 heavy (non-hydrogen) atoms. The van der Waals surface area contributed by atoms with Crippen molar-refractivity contribution in [3.05, 3.63) is 71.9 Å². The number of carbonyl (C=O) groups is 1. The van der Waals surface area contributed by atoms with E-state index in [-0.39, 0.29) is 17.2 Å². The quantitative estimate of drug-likeness (QED) is 0.443. The summed E-state index contributed by atoms with van der Waals surface area (Å²) in [4.78, 5) is 18.5. The first kappa shape index (κ1) is 21.8. The first-order valence-corrected chi connectivity index (χ1v) is 13.2. The first-order valence-electron chi connectivity index (χ1n) is 10.9. The minimum atomic E-state index is -3.55. The van der Waals surface area contributed by atoms with Gasteiger partial charge in [-0.15, -0.1) is 11.3 Å². The number of benzene rings is 2. The lowest BCUT2D eigenvalue weighted by molar-refractivity contribution is -0.115. The van der Waals surface area contributed by atoms with Crippen molar-refractivity contribution >= 4 is 37.9 Å². The third-order valence-corrected chi connectivity index (χ3v) is 8.55. The maximum absolute atomic E-state index is 13.0. The second-order valence-corrected chi connectivity index (χ2v) is 10.9. The first-order chi connectivity index (χ1) is 16.0. The van der Waals surface area contributed by atoms with Crippen molar-refractivity contribution in [2.45, 2.75) is 30.6 Å². The van der Waals surface area contributed by atoms with E-state index in [1.165, 1.54) is 21.7 Å². The van der Waals surface area contributed by atoms with Gasteiger partial charge in [-0.05, 0) is 31.0 Å². The van der Waals surface area contributed by atoms with Crippen LogP contribution in [0.2, 0.25) is 0 Å². The fourth-order valence-electron chi connectivity index (χ4n) is 4.06. The molecule has 0 spiro atoms. The molecular formula is C24H24N4O3S2.